The molecule has 2 aromatic rings. The first kappa shape index (κ1) is 11.5. The highest BCUT2D eigenvalue weighted by Gasteiger charge is 2.12. The summed E-state index contributed by atoms with van der Waals surface area (Å²) in [4.78, 5) is 26.3. The fraction of sp³-hybridized carbons (Fsp3) is 0.182. The molecule has 1 aromatic carbocycles. The molecule has 0 spiro atoms. The summed E-state index contributed by atoms with van der Waals surface area (Å²) in [6.45, 7) is -0.00983. The van der Waals surface area contributed by atoms with E-state index < -0.39 is 6.09 Å². The number of benzene rings is 1. The van der Waals surface area contributed by atoms with Crippen LogP contribution in [0, 0.1) is 0 Å². The first-order valence-corrected chi connectivity index (χ1v) is 5.79. The molecule has 0 aliphatic heterocycles. The van der Waals surface area contributed by atoms with Gasteiger partial charge in [0.25, 0.3) is 0 Å². The second-order valence-electron chi connectivity index (χ2n) is 3.33. The third-order valence-corrected chi connectivity index (χ3v) is 3.18. The largest absolute Gasteiger partial charge is 0.449 e. The minimum Gasteiger partial charge on any atom is -0.449 e. The molecule has 0 saturated heterocycles. The van der Waals surface area contributed by atoms with Crippen molar-refractivity contribution in [1.29, 1.82) is 0 Å². The average Bonchev–Trinajstić information content (AvgIpc) is 2.71. The number of aromatic nitrogens is 1. The molecule has 0 aliphatic carbocycles. The number of rotatable bonds is 4. The number of nitrogens with two attached hydrogens (primary N) is 1. The van der Waals surface area contributed by atoms with E-state index >= 15 is 0 Å². The van der Waals surface area contributed by atoms with Gasteiger partial charge in [-0.15, -0.1) is 11.3 Å². The Bertz CT molecular complexity index is 532. The Hall–Kier alpha value is -1.95. The summed E-state index contributed by atoms with van der Waals surface area (Å²) in [5.74, 6) is -0.146. The van der Waals surface area contributed by atoms with E-state index in [2.05, 4.69) is 9.72 Å². The van der Waals surface area contributed by atoms with Crippen molar-refractivity contribution in [2.24, 2.45) is 5.73 Å². The summed E-state index contributed by atoms with van der Waals surface area (Å²) in [5.41, 5.74) is 5.60. The summed E-state index contributed by atoms with van der Waals surface area (Å²) in [6.07, 6.45) is -0.773. The van der Waals surface area contributed by atoms with Gasteiger partial charge in [0.1, 0.15) is 6.61 Å². The van der Waals surface area contributed by atoms with Crippen LogP contribution in [0.5, 0.6) is 0 Å². The van der Waals surface area contributed by atoms with Crippen molar-refractivity contribution in [1.82, 2.24) is 4.98 Å². The number of hydrogen-bond acceptors (Lipinski definition) is 5. The normalized spacial score (nSPS) is 10.4. The molecule has 0 unspecified atom stereocenters. The molecule has 0 fully saturated rings. The monoisotopic (exact) mass is 250 g/mol. The van der Waals surface area contributed by atoms with Gasteiger partial charge in [-0.05, 0) is 12.1 Å². The van der Waals surface area contributed by atoms with Gasteiger partial charge in [0.15, 0.2) is 10.8 Å². The number of ketones is 1. The van der Waals surface area contributed by atoms with E-state index in [1.54, 1.807) is 0 Å². The molecule has 6 heteroatoms. The predicted molar refractivity (Wildman–Crippen MR) is 64.1 cm³/mol. The van der Waals surface area contributed by atoms with Crippen molar-refractivity contribution in [3.8, 4) is 0 Å². The smallest absolute Gasteiger partial charge is 0.404 e. The lowest BCUT2D eigenvalue weighted by molar-refractivity contribution is 0.0940. The number of para-hydroxylation sites is 1. The quantitative estimate of drug-likeness (QED) is 0.841. The van der Waals surface area contributed by atoms with Gasteiger partial charge in [0.05, 0.1) is 10.2 Å². The fourth-order valence-electron chi connectivity index (χ4n) is 1.34. The minimum atomic E-state index is -0.873. The van der Waals surface area contributed by atoms with Gasteiger partial charge in [0.2, 0.25) is 0 Å². The molecule has 0 saturated carbocycles. The van der Waals surface area contributed by atoms with Gasteiger partial charge in [-0.2, -0.15) is 0 Å². The van der Waals surface area contributed by atoms with Gasteiger partial charge in [-0.25, -0.2) is 9.78 Å². The van der Waals surface area contributed by atoms with E-state index in [0.717, 1.165) is 10.2 Å². The Morgan fingerprint density at radius 2 is 2.12 bits per heavy atom. The topological polar surface area (TPSA) is 82.3 Å². The number of amides is 1. The molecule has 88 valence electrons. The van der Waals surface area contributed by atoms with E-state index in [0.29, 0.717) is 5.01 Å². The van der Waals surface area contributed by atoms with Crippen LogP contribution in [-0.4, -0.2) is 23.5 Å². The molecule has 2 rings (SSSR count). The third kappa shape index (κ3) is 2.79. The maximum atomic E-state index is 11.7. The molecule has 17 heavy (non-hydrogen) atoms. The molecule has 1 amide bonds. The van der Waals surface area contributed by atoms with Crippen LogP contribution in [0.2, 0.25) is 0 Å². The molecule has 0 aliphatic rings. The number of primary amides is 1. The summed E-state index contributed by atoms with van der Waals surface area (Å²) < 4.78 is 5.47. The number of nitrogens with zero attached hydrogens (tertiary/aromatic N) is 1. The highest BCUT2D eigenvalue weighted by Crippen LogP contribution is 2.22. The lowest BCUT2D eigenvalue weighted by Crippen LogP contribution is -2.15. The number of carbonyl (C=O) groups excluding carboxylic acids is 2. The molecular formula is C11H10N2O3S. The van der Waals surface area contributed by atoms with E-state index in [9.17, 15) is 9.59 Å². The summed E-state index contributed by atoms with van der Waals surface area (Å²) in [7, 11) is 0. The zero-order valence-corrected chi connectivity index (χ0v) is 9.70. The van der Waals surface area contributed by atoms with Crippen LogP contribution in [0.15, 0.2) is 24.3 Å². The summed E-state index contributed by atoms with van der Waals surface area (Å²) in [6, 6.07) is 7.52. The van der Waals surface area contributed by atoms with Gasteiger partial charge in [-0.3, -0.25) is 4.79 Å². The molecule has 0 bridgehead atoms. The molecule has 0 atom stereocenters. The first-order valence-electron chi connectivity index (χ1n) is 4.98. The van der Waals surface area contributed by atoms with E-state index in [-0.39, 0.29) is 18.8 Å². The molecule has 5 nitrogen and oxygen atoms in total. The van der Waals surface area contributed by atoms with Gasteiger partial charge < -0.3 is 10.5 Å². The molecule has 1 heterocycles. The molecule has 2 N–H and O–H groups in total. The minimum absolute atomic E-state index is 0.00983. The number of hydrogen-bond donors (Lipinski definition) is 1. The van der Waals surface area contributed by atoms with E-state index in [1.807, 2.05) is 24.3 Å². The molecular weight excluding hydrogens is 240 g/mol. The Morgan fingerprint density at radius 1 is 1.35 bits per heavy atom. The maximum Gasteiger partial charge on any atom is 0.404 e. The van der Waals surface area contributed by atoms with E-state index in [1.165, 1.54) is 11.3 Å². The average molecular weight is 250 g/mol. The number of fused-ring (bicyclic) bond motifs is 1. The summed E-state index contributed by atoms with van der Waals surface area (Å²) >= 11 is 1.33. The number of ether oxygens (including phenoxy) is 1. The van der Waals surface area contributed by atoms with Gasteiger partial charge in [0, 0.05) is 6.42 Å². The lowest BCUT2D eigenvalue weighted by Gasteiger charge is -1.98. The Kier molecular flexibility index (Phi) is 3.34. The van der Waals surface area contributed by atoms with Gasteiger partial charge >= 0.3 is 6.09 Å². The first-order chi connectivity index (χ1) is 8.16. The predicted octanol–water partition coefficient (Wildman–Crippen LogP) is 1.96. The van der Waals surface area contributed by atoms with Crippen molar-refractivity contribution in [2.75, 3.05) is 6.61 Å². The second-order valence-corrected chi connectivity index (χ2v) is 4.36. The Balaban J connectivity index is 2.06. The fourth-order valence-corrected chi connectivity index (χ4v) is 2.28. The van der Waals surface area contributed by atoms with Crippen LogP contribution >= 0.6 is 11.3 Å². The van der Waals surface area contributed by atoms with Crippen molar-refractivity contribution in [2.45, 2.75) is 6.42 Å². The van der Waals surface area contributed by atoms with Crippen molar-refractivity contribution >= 4 is 33.4 Å². The van der Waals surface area contributed by atoms with Crippen LogP contribution < -0.4 is 5.73 Å². The highest BCUT2D eigenvalue weighted by atomic mass is 32.1. The number of Topliss-reactive ketones (excluding diaryl/α,β-unsaturated/α-hetero) is 1. The SMILES string of the molecule is NC(=O)OCCC(=O)c1nc2ccccc2s1. The number of thiazole rings is 1. The van der Waals surface area contributed by atoms with Crippen LogP contribution in [-0.2, 0) is 4.74 Å². The van der Waals surface area contributed by atoms with Crippen molar-refractivity contribution in [3.05, 3.63) is 29.3 Å². The molecule has 0 radical (unpaired) electrons. The van der Waals surface area contributed by atoms with Crippen LogP contribution in [0.25, 0.3) is 10.2 Å². The standard InChI is InChI=1S/C11H10N2O3S/c12-11(15)16-6-5-8(14)10-13-7-3-1-2-4-9(7)17-10/h1-4H,5-6H2,(H2,12,15). The van der Waals surface area contributed by atoms with Crippen LogP contribution in [0.4, 0.5) is 4.79 Å². The Morgan fingerprint density at radius 3 is 2.82 bits per heavy atom. The van der Waals surface area contributed by atoms with Gasteiger partial charge in [-0.1, -0.05) is 12.1 Å². The summed E-state index contributed by atoms with van der Waals surface area (Å²) in [5, 5.41) is 0.430. The lowest BCUT2D eigenvalue weighted by atomic mass is 10.3. The van der Waals surface area contributed by atoms with Crippen LogP contribution in [0.3, 0.4) is 0 Å². The highest BCUT2D eigenvalue weighted by molar-refractivity contribution is 7.20. The van der Waals surface area contributed by atoms with Crippen molar-refractivity contribution in [3.63, 3.8) is 0 Å². The van der Waals surface area contributed by atoms with E-state index in [4.69, 9.17) is 5.73 Å². The van der Waals surface area contributed by atoms with Crippen molar-refractivity contribution < 1.29 is 14.3 Å². The second kappa shape index (κ2) is 4.92. The number of carbonyl (C=O) groups is 2. The maximum absolute atomic E-state index is 11.7. The van der Waals surface area contributed by atoms with Crippen LogP contribution in [0.1, 0.15) is 16.2 Å². The molecule has 1 aromatic heterocycles. The zero-order valence-electron chi connectivity index (χ0n) is 8.88. The third-order valence-electron chi connectivity index (χ3n) is 2.11. The Labute approximate surface area is 101 Å². The zero-order chi connectivity index (χ0) is 12.3.